The Hall–Kier alpha value is -1.78. The molecule has 9 heteroatoms. The van der Waals surface area contributed by atoms with Crippen LogP contribution in [0.4, 0.5) is 5.82 Å². The van der Waals surface area contributed by atoms with Crippen LogP contribution >= 0.6 is 0 Å². The molecule has 1 unspecified atom stereocenters. The molecule has 0 spiro atoms. The second-order valence-electron chi connectivity index (χ2n) is 7.03. The fourth-order valence-electron chi connectivity index (χ4n) is 3.27. The van der Waals surface area contributed by atoms with Crippen molar-refractivity contribution in [1.29, 1.82) is 0 Å². The molecular formula is C16H22N4O5. The lowest BCUT2D eigenvalue weighted by Gasteiger charge is -2.28. The first-order valence-electron chi connectivity index (χ1n) is 8.32. The minimum atomic E-state index is -1.17. The summed E-state index contributed by atoms with van der Waals surface area (Å²) in [5, 5.41) is 35.0. The Morgan fingerprint density at radius 1 is 1.44 bits per heavy atom. The third-order valence-electron chi connectivity index (χ3n) is 5.02. The van der Waals surface area contributed by atoms with Gasteiger partial charge in [-0.05, 0) is 31.9 Å². The molecule has 1 saturated carbocycles. The molecule has 136 valence electrons. The molecule has 9 nitrogen and oxygen atoms in total. The number of hydrogen-bond donors (Lipinski definition) is 4. The molecule has 1 aliphatic heterocycles. The van der Waals surface area contributed by atoms with E-state index in [1.165, 1.54) is 10.8 Å². The monoisotopic (exact) mass is 350 g/mol. The first kappa shape index (κ1) is 16.7. The van der Waals surface area contributed by atoms with E-state index in [0.29, 0.717) is 17.0 Å². The average molecular weight is 350 g/mol. The van der Waals surface area contributed by atoms with Gasteiger partial charge in [0.25, 0.3) is 0 Å². The second-order valence-corrected chi connectivity index (χ2v) is 7.03. The Kier molecular flexibility index (Phi) is 3.93. The largest absolute Gasteiger partial charge is 0.387 e. The van der Waals surface area contributed by atoms with Gasteiger partial charge in [0.05, 0.1) is 12.3 Å². The first-order valence-corrected chi connectivity index (χ1v) is 8.32. The molecule has 1 aliphatic carbocycles. The molecule has 2 aliphatic rings. The fourth-order valence-corrected chi connectivity index (χ4v) is 3.27. The molecule has 2 aromatic heterocycles. The number of fused-ring (bicyclic) bond motifs is 1. The van der Waals surface area contributed by atoms with Crippen molar-refractivity contribution in [2.45, 2.75) is 50.0 Å². The Morgan fingerprint density at radius 2 is 2.20 bits per heavy atom. The normalized spacial score (nSPS) is 33.8. The van der Waals surface area contributed by atoms with Gasteiger partial charge in [-0.1, -0.05) is 0 Å². The van der Waals surface area contributed by atoms with E-state index in [4.69, 9.17) is 15.2 Å². The van der Waals surface area contributed by atoms with Crippen LogP contribution in [0.15, 0.2) is 18.5 Å². The van der Waals surface area contributed by atoms with Gasteiger partial charge in [0.1, 0.15) is 35.8 Å². The summed E-state index contributed by atoms with van der Waals surface area (Å²) in [5.41, 5.74) is 5.83. The minimum Gasteiger partial charge on any atom is -0.387 e. The van der Waals surface area contributed by atoms with Gasteiger partial charge >= 0.3 is 0 Å². The number of aliphatic hydroxyl groups is 3. The summed E-state index contributed by atoms with van der Waals surface area (Å²) in [6.45, 7) is 1.62. The Bertz CT molecular complexity index is 779. The summed E-state index contributed by atoms with van der Waals surface area (Å²) in [6, 6.07) is 3.46. The van der Waals surface area contributed by atoms with E-state index in [1.54, 1.807) is 19.1 Å². The number of ether oxygens (including phenoxy) is 2. The van der Waals surface area contributed by atoms with Crippen LogP contribution in [0.25, 0.3) is 5.52 Å². The number of aliphatic hydroxyl groups excluding tert-OH is 3. The third-order valence-corrected chi connectivity index (χ3v) is 5.02. The van der Waals surface area contributed by atoms with E-state index in [2.05, 4.69) is 10.1 Å². The Morgan fingerprint density at radius 3 is 2.92 bits per heavy atom. The molecule has 2 aromatic rings. The average Bonchev–Trinajstić information content (AvgIpc) is 3.32. The second kappa shape index (κ2) is 5.89. The summed E-state index contributed by atoms with van der Waals surface area (Å²) < 4.78 is 12.9. The highest BCUT2D eigenvalue weighted by molar-refractivity contribution is 5.65. The zero-order valence-corrected chi connectivity index (χ0v) is 13.8. The lowest BCUT2D eigenvalue weighted by Crippen LogP contribution is -2.45. The van der Waals surface area contributed by atoms with Crippen LogP contribution in [-0.4, -0.2) is 60.6 Å². The molecule has 5 N–H and O–H groups in total. The molecular weight excluding hydrogens is 328 g/mol. The van der Waals surface area contributed by atoms with E-state index in [0.717, 1.165) is 12.8 Å². The van der Waals surface area contributed by atoms with Gasteiger partial charge in [0.2, 0.25) is 0 Å². The molecule has 5 atom stereocenters. The van der Waals surface area contributed by atoms with Crippen molar-refractivity contribution >= 4 is 11.3 Å². The van der Waals surface area contributed by atoms with Crippen molar-refractivity contribution in [2.24, 2.45) is 5.92 Å². The smallest absolute Gasteiger partial charge is 0.157 e. The third kappa shape index (κ3) is 2.77. The quantitative estimate of drug-likeness (QED) is 0.535. The van der Waals surface area contributed by atoms with Crippen LogP contribution in [0.1, 0.15) is 31.6 Å². The van der Waals surface area contributed by atoms with E-state index < -0.39 is 30.2 Å². The van der Waals surface area contributed by atoms with Gasteiger partial charge < -0.3 is 30.5 Å². The number of nitrogens with zero attached hydrogens (tertiary/aromatic N) is 3. The highest BCUT2D eigenvalue weighted by Gasteiger charge is 2.53. The number of nitrogen functional groups attached to an aromatic ring is 1. The topological polar surface area (TPSA) is 135 Å². The lowest BCUT2D eigenvalue weighted by molar-refractivity contribution is -0.180. The maximum atomic E-state index is 10.5. The summed E-state index contributed by atoms with van der Waals surface area (Å²) in [6.07, 6.45) is -0.829. The lowest BCUT2D eigenvalue weighted by atomic mass is 9.97. The van der Waals surface area contributed by atoms with Crippen molar-refractivity contribution in [3.63, 3.8) is 0 Å². The fraction of sp³-hybridized carbons (Fsp3) is 0.625. The van der Waals surface area contributed by atoms with Gasteiger partial charge in [-0.3, -0.25) is 0 Å². The molecule has 0 aromatic carbocycles. The zero-order valence-electron chi connectivity index (χ0n) is 13.8. The molecule has 25 heavy (non-hydrogen) atoms. The van der Waals surface area contributed by atoms with E-state index in [1.807, 2.05) is 0 Å². The number of anilines is 1. The highest BCUT2D eigenvalue weighted by atomic mass is 16.6. The number of rotatable bonds is 5. The zero-order chi connectivity index (χ0) is 17.8. The molecule has 4 rings (SSSR count). The maximum Gasteiger partial charge on any atom is 0.157 e. The molecule has 2 fully saturated rings. The molecule has 0 radical (unpaired) electrons. The van der Waals surface area contributed by atoms with Crippen molar-refractivity contribution in [3.05, 3.63) is 24.2 Å². The predicted octanol–water partition coefficient (Wildman–Crippen LogP) is -0.392. The summed E-state index contributed by atoms with van der Waals surface area (Å²) >= 11 is 0. The van der Waals surface area contributed by atoms with Gasteiger partial charge in [0, 0.05) is 5.92 Å². The summed E-state index contributed by atoms with van der Waals surface area (Å²) in [4.78, 5) is 3.93. The standard InChI is InChI=1S/C16H22N4O5/c1-16(6-24-15(23)8-2-3-8)13(22)11(21)12(25-16)9-4-5-10-14(17)18-7-19-20(9)10/h4-5,7-8,11-13,15,21-23H,2-3,6H2,1H3,(H2,17,18,19)/t11-,12-,13-,15?,16+/m0/s1. The van der Waals surface area contributed by atoms with E-state index in [9.17, 15) is 15.3 Å². The summed E-state index contributed by atoms with van der Waals surface area (Å²) in [5.74, 6) is 0.463. The highest BCUT2D eigenvalue weighted by Crippen LogP contribution is 2.41. The van der Waals surface area contributed by atoms with Crippen molar-refractivity contribution in [1.82, 2.24) is 14.6 Å². The molecule has 0 amide bonds. The van der Waals surface area contributed by atoms with E-state index in [-0.39, 0.29) is 12.5 Å². The maximum absolute atomic E-state index is 10.5. The Labute approximate surface area is 144 Å². The van der Waals surface area contributed by atoms with Crippen LogP contribution in [0.2, 0.25) is 0 Å². The van der Waals surface area contributed by atoms with Crippen molar-refractivity contribution in [3.8, 4) is 0 Å². The van der Waals surface area contributed by atoms with Gasteiger partial charge in [-0.25, -0.2) is 9.50 Å². The van der Waals surface area contributed by atoms with Gasteiger partial charge in [0.15, 0.2) is 12.1 Å². The van der Waals surface area contributed by atoms with Crippen LogP contribution in [0.3, 0.4) is 0 Å². The number of aromatic nitrogens is 3. The van der Waals surface area contributed by atoms with Crippen molar-refractivity contribution in [2.75, 3.05) is 12.3 Å². The predicted molar refractivity (Wildman–Crippen MR) is 86.3 cm³/mol. The van der Waals surface area contributed by atoms with Crippen LogP contribution in [-0.2, 0) is 9.47 Å². The number of hydrogen-bond acceptors (Lipinski definition) is 8. The first-order chi connectivity index (χ1) is 11.9. The molecule has 1 saturated heterocycles. The number of nitrogens with two attached hydrogens (primary N) is 1. The molecule has 0 bridgehead atoms. The SMILES string of the molecule is C[C@]1(COC(O)C2CC2)O[C@@H](c2ccc3c(N)ncnn23)[C@H](O)[C@@H]1O. The van der Waals surface area contributed by atoms with Crippen LogP contribution in [0.5, 0.6) is 0 Å². The van der Waals surface area contributed by atoms with Crippen molar-refractivity contribution < 1.29 is 24.8 Å². The minimum absolute atomic E-state index is 0.0280. The van der Waals surface area contributed by atoms with Crippen LogP contribution in [0, 0.1) is 5.92 Å². The van der Waals surface area contributed by atoms with E-state index >= 15 is 0 Å². The Balaban J connectivity index is 1.57. The summed E-state index contributed by atoms with van der Waals surface area (Å²) in [7, 11) is 0. The van der Waals surface area contributed by atoms with Gasteiger partial charge in [-0.15, -0.1) is 0 Å². The van der Waals surface area contributed by atoms with Gasteiger partial charge in [-0.2, -0.15) is 5.10 Å². The van der Waals surface area contributed by atoms with Crippen LogP contribution < -0.4 is 5.73 Å². The molecule has 3 heterocycles.